The summed E-state index contributed by atoms with van der Waals surface area (Å²) in [6.07, 6.45) is 1.99. The third-order valence-electron chi connectivity index (χ3n) is 16.0. The Hall–Kier alpha value is -8.00. The molecule has 1 aromatic heterocycles. The minimum atomic E-state index is -5.08. The summed E-state index contributed by atoms with van der Waals surface area (Å²) >= 11 is 1.37. The molecule has 0 bridgehead atoms. The Morgan fingerprint density at radius 3 is 1.52 bits per heavy atom. The Morgan fingerprint density at radius 2 is 1.01 bits per heavy atom. The van der Waals surface area contributed by atoms with E-state index in [4.69, 9.17) is 28.8 Å². The van der Waals surface area contributed by atoms with Crippen molar-refractivity contribution in [2.24, 2.45) is 23.7 Å². The van der Waals surface area contributed by atoms with Gasteiger partial charge in [-0.2, -0.15) is 24.9 Å². The van der Waals surface area contributed by atoms with Gasteiger partial charge in [-0.1, -0.05) is 88.4 Å². The number of nitrogens with one attached hydrogen (secondary N) is 3. The van der Waals surface area contributed by atoms with Crippen LogP contribution in [0, 0.1) is 38.5 Å². The van der Waals surface area contributed by atoms with Gasteiger partial charge in [-0.25, -0.2) is 9.59 Å². The van der Waals surface area contributed by atoms with Crippen LogP contribution in [0.4, 0.5) is 18.0 Å². The number of fused-ring (bicyclic) bond motifs is 1. The number of phenols is 1. The molecule has 3 amide bonds. The molecule has 6 N–H and O–H groups in total. The van der Waals surface area contributed by atoms with Crippen molar-refractivity contribution in [1.82, 2.24) is 20.5 Å². The van der Waals surface area contributed by atoms with E-state index < -0.39 is 168 Å². The second-order valence-electron chi connectivity index (χ2n) is 30.2. The zero-order valence-electron chi connectivity index (χ0n) is 65.0. The summed E-state index contributed by atoms with van der Waals surface area (Å²) < 4.78 is 55.7. The van der Waals surface area contributed by atoms with Crippen molar-refractivity contribution in [2.45, 2.75) is 253 Å². The summed E-state index contributed by atoms with van der Waals surface area (Å²) in [4.78, 5) is 161. The average Bonchev–Trinajstić information content (AvgIpc) is 1.64. The predicted octanol–water partition coefficient (Wildman–Crippen LogP) is 13.7. The fraction of sp³-hybridized carbons (Fsp3) is 0.570. The first-order valence-electron chi connectivity index (χ1n) is 35.0. The fourth-order valence-corrected chi connectivity index (χ4v) is 11.4. The van der Waals surface area contributed by atoms with Gasteiger partial charge in [0.05, 0.1) is 36.0 Å². The van der Waals surface area contributed by atoms with Gasteiger partial charge in [0.15, 0.2) is 17.3 Å². The number of nitrogens with zero attached hydrogens (tertiary/aromatic N) is 1. The van der Waals surface area contributed by atoms with Crippen LogP contribution in [-0.4, -0.2) is 149 Å². The molecule has 0 saturated heterocycles. The first-order valence-corrected chi connectivity index (χ1v) is 36.4. The Morgan fingerprint density at radius 1 is 0.523 bits per heavy atom. The van der Waals surface area contributed by atoms with Crippen molar-refractivity contribution >= 4 is 93.5 Å². The number of phenolic OH excluding ortho intramolecular Hbond substituents is 1. The molecule has 4 aromatic rings. The maximum absolute atomic E-state index is 15.1. The quantitative estimate of drug-likeness (QED) is 0.0109. The SMILES string of the molecule is C1CCCC1.CSCC[C@H](CC(=O)[C@H](Cc1cn(C(=O)OC(C)(C)C)c2ccccc12)NC(=O)CCC(=O)[C@H](Cc1ccc(OC(C)(C)C)cc1)NC(=O)[C@H](C)CC(=O)[C@H](C)CCC(=O)OC(C)(C)C)C(=O)N[C@@H](CC(=O)OC(C)(C)C)C(=O)C[C@@H](Cc1ccc(O)cc1)C(=O)O.O=C(O)C(F)(F)F.[CH3-].[CH3-].[Ru+3]. The number of para-hydroxylation sites is 1. The second-order valence-corrected chi connectivity index (χ2v) is 31.2. The largest absolute Gasteiger partial charge is 3.00 e. The molecule has 0 spiro atoms. The number of Topliss-reactive ketones (excluding diaryl/α,β-unsaturated/α-hetero) is 4. The number of thioether (sulfide) groups is 1. The number of hydrogen-bond donors (Lipinski definition) is 6. The fourth-order valence-electron chi connectivity index (χ4n) is 10.8. The smallest absolute Gasteiger partial charge is 0.508 e. The molecule has 597 valence electrons. The van der Waals surface area contributed by atoms with Gasteiger partial charge in [0, 0.05) is 74.3 Å². The number of alkyl halides is 3. The Balaban J connectivity index is 0.00000683. The number of ketones is 4. The molecule has 1 aliphatic rings. The molecule has 0 aliphatic heterocycles. The molecular formula is C79H113F3N4O19RuS+. The Labute approximate surface area is 645 Å². The van der Waals surface area contributed by atoms with Crippen molar-refractivity contribution < 1.29 is 124 Å². The van der Waals surface area contributed by atoms with E-state index in [1.807, 2.05) is 20.8 Å². The molecule has 1 aliphatic carbocycles. The van der Waals surface area contributed by atoms with E-state index in [1.165, 1.54) is 78.9 Å². The number of carboxylic acid groups (broad SMARTS) is 2. The van der Waals surface area contributed by atoms with Gasteiger partial charge in [0.1, 0.15) is 39.7 Å². The number of benzene rings is 3. The molecule has 107 heavy (non-hydrogen) atoms. The number of aliphatic carboxylic acids is 2. The van der Waals surface area contributed by atoms with Crippen molar-refractivity contribution in [3.63, 3.8) is 0 Å². The van der Waals surface area contributed by atoms with E-state index in [9.17, 15) is 71.3 Å². The number of hydrogen-bond acceptors (Lipinski definition) is 18. The molecule has 23 nitrogen and oxygen atoms in total. The van der Waals surface area contributed by atoms with E-state index >= 15 is 4.79 Å². The van der Waals surface area contributed by atoms with Crippen molar-refractivity contribution in [3.05, 3.63) is 111 Å². The van der Waals surface area contributed by atoms with Crippen LogP contribution in [0.3, 0.4) is 0 Å². The molecule has 1 saturated carbocycles. The maximum atomic E-state index is 15.1. The number of aromatic nitrogens is 1. The number of aromatic hydroxyl groups is 1. The van der Waals surface area contributed by atoms with Crippen LogP contribution in [0.5, 0.6) is 11.5 Å². The summed E-state index contributed by atoms with van der Waals surface area (Å²) in [6, 6.07) is 15.4. The topological polar surface area (TPSA) is 343 Å². The Kier molecular flexibility index (Phi) is 42.3. The molecule has 1 heterocycles. The third-order valence-corrected chi connectivity index (χ3v) is 16.7. The Bertz CT molecular complexity index is 3560. The number of amides is 3. The van der Waals surface area contributed by atoms with Crippen LogP contribution >= 0.6 is 11.8 Å². The molecule has 5 rings (SSSR count). The summed E-state index contributed by atoms with van der Waals surface area (Å²) in [7, 11) is 0. The van der Waals surface area contributed by atoms with Gasteiger partial charge >= 0.3 is 55.6 Å². The average molecular weight is 1610 g/mol. The molecule has 3 aromatic carbocycles. The van der Waals surface area contributed by atoms with Gasteiger partial charge in [-0.05, 0) is 168 Å². The summed E-state index contributed by atoms with van der Waals surface area (Å²) in [5.41, 5.74) is -1.09. The van der Waals surface area contributed by atoms with E-state index in [0.717, 1.165) is 0 Å². The third kappa shape index (κ3) is 39.1. The van der Waals surface area contributed by atoms with E-state index in [0.29, 0.717) is 39.1 Å². The molecule has 28 heteroatoms. The van der Waals surface area contributed by atoms with E-state index in [1.54, 1.807) is 131 Å². The zero-order valence-corrected chi connectivity index (χ0v) is 67.5. The van der Waals surface area contributed by atoms with Crippen LogP contribution < -0.4 is 20.7 Å². The molecule has 1 fully saturated rings. The van der Waals surface area contributed by atoms with Crippen molar-refractivity contribution in [3.8, 4) is 11.5 Å². The minimum absolute atomic E-state index is 0. The van der Waals surface area contributed by atoms with Gasteiger partial charge in [-0.15, -0.1) is 0 Å². The minimum Gasteiger partial charge on any atom is -0.508 e. The first kappa shape index (κ1) is 99.0. The van der Waals surface area contributed by atoms with Crippen LogP contribution in [0.2, 0.25) is 0 Å². The number of carbonyl (C=O) groups is 12. The summed E-state index contributed by atoms with van der Waals surface area (Å²) in [5, 5.41) is 36.0. The van der Waals surface area contributed by atoms with Gasteiger partial charge in [0.25, 0.3) is 0 Å². The first-order chi connectivity index (χ1) is 48.1. The van der Waals surface area contributed by atoms with E-state index in [2.05, 4.69) is 16.0 Å². The van der Waals surface area contributed by atoms with Crippen molar-refractivity contribution in [1.29, 1.82) is 0 Å². The van der Waals surface area contributed by atoms with E-state index in [-0.39, 0.29) is 90.8 Å². The monoisotopic (exact) mass is 1610 g/mol. The standard InChI is InChI=1S/C70H96N4O17S.C5H10.C2HF3O2.2CH3.Ru/c1-42(20-31-61(81)89-68(6,7)8)57(77)34-43(2)63(83)72-52(36-45-23-27-50(28-24-45)88-67(3,4)5)56(76)29-30-60(80)71-53(37-48-41-74(66(87)91-70(12,13)14)55-19-17-16-18-51(48)55)58(78)38-46(32-33-92-15)64(84)73-54(40-62(82)90-69(9,10)11)59(79)39-47(65(85)86)35-44-21-25-49(75)26-22-44;1-2-4-5-3-1;3-2(4,5)1(6)7;;;/h16-19,21-28,41-43,46-47,52-54,75H,20,29-40H2,1-15H3,(H,71,80)(H,72,83)(H,73,84)(H,85,86);1-5H2;(H,6,7);2*1H3;/q;;;2*-1;+3/t42-,43-,46-,47-,52+,53+,54+;;;;;/m1...../s1. The number of carbonyl (C=O) groups excluding carboxylic acids is 10. The molecule has 0 unspecified atom stereocenters. The normalized spacial score (nSPS) is 14.1. The van der Waals surface area contributed by atoms with Crippen LogP contribution in [-0.2, 0) is 106 Å². The number of carboxylic acids is 2. The number of ether oxygens (including phenoxy) is 4. The maximum Gasteiger partial charge on any atom is 3.00 e. The molecular weight excluding hydrogens is 1500 g/mol. The van der Waals surface area contributed by atoms with Gasteiger partial charge in [0.2, 0.25) is 17.7 Å². The number of halogens is 3. The number of rotatable bonds is 34. The molecule has 1 radical (unpaired) electrons. The van der Waals surface area contributed by atoms with Crippen LogP contribution in [0.15, 0.2) is 79.0 Å². The van der Waals surface area contributed by atoms with Gasteiger partial charge in [-0.3, -0.25) is 52.5 Å². The predicted molar refractivity (Wildman–Crippen MR) is 400 cm³/mol. The number of esters is 2. The summed E-state index contributed by atoms with van der Waals surface area (Å²) in [5.74, 6) is -12.9. The zero-order chi connectivity index (χ0) is 78.7. The van der Waals surface area contributed by atoms with Crippen LogP contribution in [0.25, 0.3) is 10.9 Å². The van der Waals surface area contributed by atoms with Crippen LogP contribution in [0.1, 0.15) is 204 Å². The molecule has 7 atom stereocenters. The second kappa shape index (κ2) is 45.7. The van der Waals surface area contributed by atoms with Gasteiger partial charge < -0.3 is 65.1 Å². The van der Waals surface area contributed by atoms with Crippen molar-refractivity contribution in [2.75, 3.05) is 12.0 Å². The summed E-state index contributed by atoms with van der Waals surface area (Å²) in [6.45, 7) is 24.1.